The Kier molecular flexibility index (Phi) is 4.08. The van der Waals surface area contributed by atoms with Crippen LogP contribution in [-0.4, -0.2) is 11.2 Å². The summed E-state index contributed by atoms with van der Waals surface area (Å²) >= 11 is 5.91. The third-order valence-corrected chi connectivity index (χ3v) is 4.50. The number of pyridine rings is 1. The second-order valence-electron chi connectivity index (χ2n) is 6.12. The zero-order valence-corrected chi connectivity index (χ0v) is 14.5. The molecule has 144 valence electrons. The summed E-state index contributed by atoms with van der Waals surface area (Å²) in [5, 5.41) is 0.476. The van der Waals surface area contributed by atoms with E-state index in [-0.39, 0.29) is 27.0 Å². The summed E-state index contributed by atoms with van der Waals surface area (Å²) in [7, 11) is 0. The van der Waals surface area contributed by atoms with Gasteiger partial charge in [0.2, 0.25) is 0 Å². The summed E-state index contributed by atoms with van der Waals surface area (Å²) in [6.07, 6.45) is -8.76. The Bertz CT molecular complexity index is 1120. The molecular formula is C19H9ClF6N2. The highest BCUT2D eigenvalue weighted by atomic mass is 35.5. The van der Waals surface area contributed by atoms with Crippen molar-refractivity contribution in [2.75, 3.05) is 4.90 Å². The molecular weight excluding hydrogens is 406 g/mol. The topological polar surface area (TPSA) is 16.1 Å². The van der Waals surface area contributed by atoms with Crippen LogP contribution in [0.2, 0.25) is 5.02 Å². The van der Waals surface area contributed by atoms with Crippen LogP contribution in [0.4, 0.5) is 37.8 Å². The van der Waals surface area contributed by atoms with Crippen molar-refractivity contribution in [3.8, 4) is 0 Å². The van der Waals surface area contributed by atoms with Gasteiger partial charge in [0.25, 0.3) is 0 Å². The summed E-state index contributed by atoms with van der Waals surface area (Å²) < 4.78 is 81.4. The first-order valence-corrected chi connectivity index (χ1v) is 8.29. The second-order valence-corrected chi connectivity index (χ2v) is 6.55. The Hall–Kier alpha value is -2.74. The maximum atomic E-state index is 13.8. The van der Waals surface area contributed by atoms with E-state index in [4.69, 9.17) is 11.6 Å². The molecule has 0 fully saturated rings. The highest BCUT2D eigenvalue weighted by molar-refractivity contribution is 6.30. The largest absolute Gasteiger partial charge is 0.433 e. The lowest BCUT2D eigenvalue weighted by molar-refractivity contribution is -0.141. The van der Waals surface area contributed by atoms with Gasteiger partial charge in [-0.15, -0.1) is 0 Å². The molecule has 1 aromatic heterocycles. The minimum absolute atomic E-state index is 0.0429. The Balaban J connectivity index is 2.10. The third-order valence-electron chi connectivity index (χ3n) is 4.26. The molecule has 9 heteroatoms. The van der Waals surface area contributed by atoms with Crippen LogP contribution in [0.25, 0.3) is 16.8 Å². The van der Waals surface area contributed by atoms with Gasteiger partial charge in [-0.1, -0.05) is 35.9 Å². The molecule has 0 saturated heterocycles. The molecule has 0 radical (unpaired) electrons. The van der Waals surface area contributed by atoms with Crippen molar-refractivity contribution in [3.63, 3.8) is 0 Å². The number of hydrogen-bond acceptors (Lipinski definition) is 2. The van der Waals surface area contributed by atoms with Gasteiger partial charge in [0, 0.05) is 16.1 Å². The maximum absolute atomic E-state index is 13.8. The van der Waals surface area contributed by atoms with Crippen LogP contribution >= 0.6 is 11.6 Å². The number of alkyl halides is 6. The average molecular weight is 415 g/mol. The smallest absolute Gasteiger partial charge is 0.290 e. The summed E-state index contributed by atoms with van der Waals surface area (Å²) in [4.78, 5) is 4.23. The van der Waals surface area contributed by atoms with Crippen molar-refractivity contribution < 1.29 is 26.3 Å². The van der Waals surface area contributed by atoms with Crippen molar-refractivity contribution >= 4 is 40.0 Å². The molecule has 0 aliphatic carbocycles. The van der Waals surface area contributed by atoms with Crippen LogP contribution in [0.5, 0.6) is 0 Å². The summed E-state index contributed by atoms with van der Waals surface area (Å²) in [5.74, 6) is -0.447. The summed E-state index contributed by atoms with van der Waals surface area (Å²) in [6, 6.07) is 10.5. The van der Waals surface area contributed by atoms with Crippen LogP contribution in [0.1, 0.15) is 11.3 Å². The number of aromatic nitrogens is 1. The lowest BCUT2D eigenvalue weighted by Crippen LogP contribution is -2.31. The van der Waals surface area contributed by atoms with E-state index in [0.717, 1.165) is 12.1 Å². The van der Waals surface area contributed by atoms with Crippen LogP contribution in [-0.2, 0) is 6.18 Å². The average Bonchev–Trinajstić information content (AvgIpc) is 2.60. The molecule has 1 aliphatic heterocycles. The molecule has 3 aromatic rings. The van der Waals surface area contributed by atoms with Gasteiger partial charge in [0.15, 0.2) is 0 Å². The van der Waals surface area contributed by atoms with Gasteiger partial charge in [0.05, 0.1) is 0 Å². The fourth-order valence-corrected chi connectivity index (χ4v) is 3.34. The molecule has 0 atom stereocenters. The number of anilines is 2. The van der Waals surface area contributed by atoms with E-state index in [0.29, 0.717) is 4.90 Å². The fraction of sp³-hybridized carbons (Fsp3) is 0.105. The van der Waals surface area contributed by atoms with E-state index in [1.165, 1.54) is 42.5 Å². The van der Waals surface area contributed by atoms with Crippen LogP contribution in [0, 0.1) is 0 Å². The predicted octanol–water partition coefficient (Wildman–Crippen LogP) is 6.96. The number of benzene rings is 2. The second kappa shape index (κ2) is 6.13. The zero-order chi connectivity index (χ0) is 20.3. The quantitative estimate of drug-likeness (QED) is 0.400. The molecule has 0 saturated carbocycles. The normalized spacial score (nSPS) is 14.4. The predicted molar refractivity (Wildman–Crippen MR) is 94.4 cm³/mol. The van der Waals surface area contributed by atoms with Crippen molar-refractivity contribution in [1.29, 1.82) is 0 Å². The third kappa shape index (κ3) is 3.07. The Morgan fingerprint density at radius 2 is 1.57 bits per heavy atom. The van der Waals surface area contributed by atoms with Crippen LogP contribution < -0.4 is 4.90 Å². The van der Waals surface area contributed by atoms with Crippen molar-refractivity contribution in [1.82, 2.24) is 4.98 Å². The van der Waals surface area contributed by atoms with Gasteiger partial charge in [-0.25, -0.2) is 4.98 Å². The number of allylic oxidation sites excluding steroid dienone is 1. The number of nitrogens with zero attached hydrogens (tertiary/aromatic N) is 2. The molecule has 0 bridgehead atoms. The van der Waals surface area contributed by atoms with E-state index >= 15 is 0 Å². The summed E-state index contributed by atoms with van der Waals surface area (Å²) in [5.41, 5.74) is -2.33. The number of rotatable bonds is 1. The standard InChI is InChI=1S/C19H9ClF6N2/c20-12-5-2-6-13(9-12)28-15(19(24,25)26)8-11-4-1-3-10-7-14(18(21,22)23)27-17(28)16(10)11/h1-9H. The highest BCUT2D eigenvalue weighted by Gasteiger charge is 2.43. The van der Waals surface area contributed by atoms with Gasteiger partial charge in [-0.05, 0) is 41.3 Å². The van der Waals surface area contributed by atoms with Crippen molar-refractivity contribution in [2.45, 2.75) is 12.4 Å². The lowest BCUT2D eigenvalue weighted by atomic mass is 9.99. The Morgan fingerprint density at radius 3 is 2.21 bits per heavy atom. The van der Waals surface area contributed by atoms with Crippen LogP contribution in [0.15, 0.2) is 54.2 Å². The monoisotopic (exact) mass is 414 g/mol. The minimum atomic E-state index is -4.84. The zero-order valence-electron chi connectivity index (χ0n) is 13.7. The first-order valence-electron chi connectivity index (χ1n) is 7.91. The van der Waals surface area contributed by atoms with E-state index in [1.54, 1.807) is 0 Å². The molecule has 4 rings (SSSR count). The molecule has 0 amide bonds. The lowest BCUT2D eigenvalue weighted by Gasteiger charge is -2.33. The Morgan fingerprint density at radius 1 is 0.857 bits per heavy atom. The number of halogens is 7. The molecule has 0 spiro atoms. The first kappa shape index (κ1) is 18.6. The van der Waals surface area contributed by atoms with E-state index < -0.39 is 29.6 Å². The Labute approximate surface area is 159 Å². The molecule has 0 N–H and O–H groups in total. The molecule has 2 nitrogen and oxygen atoms in total. The molecule has 1 aliphatic rings. The first-order chi connectivity index (χ1) is 13.1. The van der Waals surface area contributed by atoms with E-state index in [9.17, 15) is 26.3 Å². The maximum Gasteiger partial charge on any atom is 0.433 e. The van der Waals surface area contributed by atoms with Gasteiger partial charge in [0.1, 0.15) is 17.2 Å². The van der Waals surface area contributed by atoms with Gasteiger partial charge in [-0.2, -0.15) is 26.3 Å². The molecule has 28 heavy (non-hydrogen) atoms. The van der Waals surface area contributed by atoms with Gasteiger partial charge < -0.3 is 0 Å². The molecule has 2 heterocycles. The van der Waals surface area contributed by atoms with Crippen LogP contribution in [0.3, 0.4) is 0 Å². The van der Waals surface area contributed by atoms with Gasteiger partial charge in [-0.3, -0.25) is 4.90 Å². The van der Waals surface area contributed by atoms with Crippen molar-refractivity contribution in [2.24, 2.45) is 0 Å². The summed E-state index contributed by atoms with van der Waals surface area (Å²) in [6.45, 7) is 0. The van der Waals surface area contributed by atoms with E-state index in [1.807, 2.05) is 0 Å². The van der Waals surface area contributed by atoms with E-state index in [2.05, 4.69) is 4.98 Å². The number of hydrogen-bond donors (Lipinski definition) is 0. The van der Waals surface area contributed by atoms with Gasteiger partial charge >= 0.3 is 12.4 Å². The molecule has 0 unspecified atom stereocenters. The minimum Gasteiger partial charge on any atom is -0.290 e. The molecule has 2 aromatic carbocycles. The van der Waals surface area contributed by atoms with Crippen molar-refractivity contribution in [3.05, 3.63) is 70.5 Å². The highest BCUT2D eigenvalue weighted by Crippen LogP contribution is 2.47. The fourth-order valence-electron chi connectivity index (χ4n) is 3.16. The SMILES string of the molecule is FC(F)(F)C1=Cc2cccc3cc(C(F)(F)F)nc(c23)N1c1cccc(Cl)c1.